The van der Waals surface area contributed by atoms with E-state index in [1.807, 2.05) is 0 Å². The normalized spacial score (nSPS) is 14.2. The van der Waals surface area contributed by atoms with Gasteiger partial charge in [0.05, 0.1) is 11.5 Å². The number of aromatic nitrogens is 1. The summed E-state index contributed by atoms with van der Waals surface area (Å²) in [6.07, 6.45) is 2.67. The van der Waals surface area contributed by atoms with E-state index in [0.717, 1.165) is 19.0 Å². The average molecular weight is 266 g/mol. The first kappa shape index (κ1) is 13.2. The van der Waals surface area contributed by atoms with Crippen molar-refractivity contribution in [3.63, 3.8) is 0 Å². The van der Waals surface area contributed by atoms with Crippen LogP contribution in [-0.2, 0) is 0 Å². The largest absolute Gasteiger partial charge is 0.395 e. The van der Waals surface area contributed by atoms with E-state index in [2.05, 4.69) is 4.98 Å². The van der Waals surface area contributed by atoms with Crippen LogP contribution in [0.4, 0.5) is 11.5 Å². The quantitative estimate of drug-likeness (QED) is 0.578. The summed E-state index contributed by atoms with van der Waals surface area (Å²) in [5.74, 6) is -0.439. The van der Waals surface area contributed by atoms with Crippen LogP contribution in [0.15, 0.2) is 12.3 Å². The van der Waals surface area contributed by atoms with E-state index in [4.69, 9.17) is 10.8 Å². The van der Waals surface area contributed by atoms with Gasteiger partial charge < -0.3 is 15.7 Å². The van der Waals surface area contributed by atoms with Crippen molar-refractivity contribution in [3.05, 3.63) is 27.9 Å². The highest BCUT2D eigenvalue weighted by molar-refractivity contribution is 5.99. The number of carbonyl (C=O) groups excluding carboxylic acids is 1. The molecule has 0 saturated heterocycles. The van der Waals surface area contributed by atoms with Gasteiger partial charge in [-0.25, -0.2) is 4.98 Å². The number of aliphatic hydroxyl groups excluding tert-OH is 1. The molecule has 1 aromatic rings. The second-order valence-electron chi connectivity index (χ2n) is 4.34. The summed E-state index contributed by atoms with van der Waals surface area (Å²) in [5, 5.41) is 19.9. The summed E-state index contributed by atoms with van der Waals surface area (Å²) >= 11 is 0. The highest BCUT2D eigenvalue weighted by Crippen LogP contribution is 2.30. The zero-order valence-corrected chi connectivity index (χ0v) is 10.2. The highest BCUT2D eigenvalue weighted by Gasteiger charge is 2.35. The van der Waals surface area contributed by atoms with Gasteiger partial charge in [0.15, 0.2) is 0 Å². The predicted molar refractivity (Wildman–Crippen MR) is 66.4 cm³/mol. The number of hydrogen-bond donors (Lipinski definition) is 2. The van der Waals surface area contributed by atoms with Crippen LogP contribution in [0.5, 0.6) is 0 Å². The van der Waals surface area contributed by atoms with Gasteiger partial charge in [-0.3, -0.25) is 14.9 Å². The fraction of sp³-hybridized carbons (Fsp3) is 0.455. The van der Waals surface area contributed by atoms with E-state index in [9.17, 15) is 14.9 Å². The monoisotopic (exact) mass is 266 g/mol. The minimum Gasteiger partial charge on any atom is -0.395 e. The van der Waals surface area contributed by atoms with Crippen LogP contribution in [0.25, 0.3) is 0 Å². The molecule has 3 N–H and O–H groups in total. The van der Waals surface area contributed by atoms with Gasteiger partial charge >= 0.3 is 0 Å². The fourth-order valence-electron chi connectivity index (χ4n) is 1.88. The third kappa shape index (κ3) is 2.79. The zero-order valence-electron chi connectivity index (χ0n) is 10.2. The molecule has 1 fully saturated rings. The molecule has 8 heteroatoms. The van der Waals surface area contributed by atoms with Crippen molar-refractivity contribution in [2.24, 2.45) is 0 Å². The lowest BCUT2D eigenvalue weighted by Crippen LogP contribution is -2.36. The first-order chi connectivity index (χ1) is 9.04. The summed E-state index contributed by atoms with van der Waals surface area (Å²) in [5.41, 5.74) is 5.02. The van der Waals surface area contributed by atoms with Crippen LogP contribution < -0.4 is 5.73 Å². The SMILES string of the molecule is Nc1cc(C(=O)N(CCO)C2CC2)c([N+](=O)[O-])cn1. The minimum atomic E-state index is -0.663. The smallest absolute Gasteiger partial charge is 0.300 e. The number of amides is 1. The maximum atomic E-state index is 12.3. The summed E-state index contributed by atoms with van der Waals surface area (Å²) in [7, 11) is 0. The molecule has 1 aliphatic carbocycles. The van der Waals surface area contributed by atoms with Gasteiger partial charge in [-0.2, -0.15) is 0 Å². The minimum absolute atomic E-state index is 0.0497. The number of carbonyl (C=O) groups is 1. The molecule has 1 heterocycles. The van der Waals surface area contributed by atoms with Crippen LogP contribution in [0.1, 0.15) is 23.2 Å². The predicted octanol–water partition coefficient (Wildman–Crippen LogP) is 0.169. The molecule has 0 spiro atoms. The molecule has 0 radical (unpaired) electrons. The zero-order chi connectivity index (χ0) is 14.0. The molecule has 0 aromatic carbocycles. The molecular weight excluding hydrogens is 252 g/mol. The number of pyridine rings is 1. The second-order valence-corrected chi connectivity index (χ2v) is 4.34. The second kappa shape index (κ2) is 5.19. The maximum Gasteiger partial charge on any atom is 0.300 e. The third-order valence-corrected chi connectivity index (χ3v) is 2.92. The third-order valence-electron chi connectivity index (χ3n) is 2.92. The van der Waals surface area contributed by atoms with Crippen molar-refractivity contribution in [1.82, 2.24) is 9.88 Å². The summed E-state index contributed by atoms with van der Waals surface area (Å²) in [4.78, 5) is 27.6. The molecule has 2 rings (SSSR count). The van der Waals surface area contributed by atoms with E-state index < -0.39 is 10.8 Å². The van der Waals surface area contributed by atoms with Gasteiger partial charge in [-0.05, 0) is 18.9 Å². The molecule has 1 aliphatic rings. The topological polar surface area (TPSA) is 123 Å². The van der Waals surface area contributed by atoms with Crippen molar-refractivity contribution in [3.8, 4) is 0 Å². The Hall–Kier alpha value is -2.22. The molecule has 0 unspecified atom stereocenters. The van der Waals surface area contributed by atoms with Gasteiger partial charge in [-0.15, -0.1) is 0 Å². The van der Waals surface area contributed by atoms with E-state index in [1.54, 1.807) is 0 Å². The molecule has 0 bridgehead atoms. The van der Waals surface area contributed by atoms with Gasteiger partial charge in [0.25, 0.3) is 11.6 Å². The first-order valence-electron chi connectivity index (χ1n) is 5.86. The van der Waals surface area contributed by atoms with Crippen molar-refractivity contribution in [2.75, 3.05) is 18.9 Å². The van der Waals surface area contributed by atoms with Crippen molar-refractivity contribution in [2.45, 2.75) is 18.9 Å². The number of rotatable bonds is 5. The van der Waals surface area contributed by atoms with Gasteiger partial charge in [0.1, 0.15) is 17.6 Å². The molecular formula is C11H14N4O4. The fourth-order valence-corrected chi connectivity index (χ4v) is 1.88. The maximum absolute atomic E-state index is 12.3. The Kier molecular flexibility index (Phi) is 3.61. The standard InChI is InChI=1S/C11H14N4O4/c12-10-5-8(9(6-13-10)15(18)19)11(17)14(3-4-16)7-1-2-7/h5-7,16H,1-4H2,(H2,12,13). The Morgan fingerprint density at radius 1 is 1.63 bits per heavy atom. The molecule has 1 aromatic heterocycles. The molecule has 0 atom stereocenters. The number of hydrogen-bond acceptors (Lipinski definition) is 6. The van der Waals surface area contributed by atoms with Crippen LogP contribution in [0.2, 0.25) is 0 Å². The first-order valence-corrected chi connectivity index (χ1v) is 5.86. The van der Waals surface area contributed by atoms with Gasteiger partial charge in [-0.1, -0.05) is 0 Å². The van der Waals surface area contributed by atoms with Crippen molar-refractivity contribution in [1.29, 1.82) is 0 Å². The lowest BCUT2D eigenvalue weighted by molar-refractivity contribution is -0.385. The Labute approximate surface area is 109 Å². The Balaban J connectivity index is 2.35. The van der Waals surface area contributed by atoms with Crippen LogP contribution in [-0.4, -0.2) is 45.0 Å². The lowest BCUT2D eigenvalue weighted by Gasteiger charge is -2.21. The molecule has 19 heavy (non-hydrogen) atoms. The van der Waals surface area contributed by atoms with Crippen LogP contribution in [0.3, 0.4) is 0 Å². The van der Waals surface area contributed by atoms with Crippen molar-refractivity contribution < 1.29 is 14.8 Å². The van der Waals surface area contributed by atoms with E-state index in [0.29, 0.717) is 0 Å². The van der Waals surface area contributed by atoms with E-state index in [-0.39, 0.29) is 36.3 Å². The van der Waals surface area contributed by atoms with Crippen LogP contribution >= 0.6 is 0 Å². The molecule has 1 amide bonds. The average Bonchev–Trinajstić information content (AvgIpc) is 3.19. The van der Waals surface area contributed by atoms with E-state index in [1.165, 1.54) is 11.0 Å². The lowest BCUT2D eigenvalue weighted by atomic mass is 10.2. The number of nitrogens with two attached hydrogens (primary N) is 1. The summed E-state index contributed by atoms with van der Waals surface area (Å²) in [6, 6.07) is 1.25. The molecule has 0 aliphatic heterocycles. The highest BCUT2D eigenvalue weighted by atomic mass is 16.6. The Morgan fingerprint density at radius 3 is 2.84 bits per heavy atom. The van der Waals surface area contributed by atoms with E-state index >= 15 is 0 Å². The number of nitrogen functional groups attached to an aromatic ring is 1. The Morgan fingerprint density at radius 2 is 2.32 bits per heavy atom. The molecule has 102 valence electrons. The number of nitrogens with zero attached hydrogens (tertiary/aromatic N) is 3. The number of anilines is 1. The molecule has 8 nitrogen and oxygen atoms in total. The van der Waals surface area contributed by atoms with Gasteiger partial charge in [0, 0.05) is 12.6 Å². The van der Waals surface area contributed by atoms with Crippen LogP contribution in [0, 0.1) is 10.1 Å². The van der Waals surface area contributed by atoms with Gasteiger partial charge in [0.2, 0.25) is 0 Å². The Bertz CT molecular complexity index is 515. The number of aliphatic hydroxyl groups is 1. The molecule has 1 saturated carbocycles. The summed E-state index contributed by atoms with van der Waals surface area (Å²) < 4.78 is 0. The summed E-state index contributed by atoms with van der Waals surface area (Å²) in [6.45, 7) is -0.0283. The van der Waals surface area contributed by atoms with Crippen molar-refractivity contribution >= 4 is 17.4 Å². The number of nitro groups is 1.